The number of hydrogen-bond donors (Lipinski definition) is 3. The Bertz CT molecular complexity index is 457. The summed E-state index contributed by atoms with van der Waals surface area (Å²) >= 11 is 0. The molecule has 5 heteroatoms. The highest BCUT2D eigenvalue weighted by molar-refractivity contribution is 6.02. The minimum absolute atomic E-state index is 0.0933. The monoisotopic (exact) mass is 249 g/mol. The van der Waals surface area contributed by atoms with Crippen LogP contribution in [0.25, 0.3) is 0 Å². The smallest absolute Gasteiger partial charge is 0.172 e. The van der Waals surface area contributed by atoms with Gasteiger partial charge in [-0.25, -0.2) is 0 Å². The van der Waals surface area contributed by atoms with Crippen molar-refractivity contribution in [2.24, 2.45) is 10.9 Å². The number of nitrogens with two attached hydrogens (primary N) is 1. The molecule has 0 aliphatic carbocycles. The largest absolute Gasteiger partial charge is 0.409 e. The van der Waals surface area contributed by atoms with Crippen molar-refractivity contribution in [1.82, 2.24) is 0 Å². The molecule has 4 N–H and O–H groups in total. The standard InChI is InChI=1S/C13H19N3O2/c1-13(17)7-4-8-16(9-13)11-6-3-2-5-10(11)12(14)15-18/h2-3,5-6,17-18H,4,7-9H2,1H3,(H2,14,15). The molecule has 18 heavy (non-hydrogen) atoms. The Balaban J connectivity index is 2.33. The first kappa shape index (κ1) is 12.7. The van der Waals surface area contributed by atoms with Crippen LogP contribution in [0.4, 0.5) is 5.69 Å². The third-order valence-corrected chi connectivity index (χ3v) is 3.30. The van der Waals surface area contributed by atoms with Gasteiger partial charge in [-0.3, -0.25) is 0 Å². The van der Waals surface area contributed by atoms with E-state index < -0.39 is 5.60 Å². The number of nitrogens with zero attached hydrogens (tertiary/aromatic N) is 2. The summed E-state index contributed by atoms with van der Waals surface area (Å²) < 4.78 is 0. The molecule has 0 radical (unpaired) electrons. The lowest BCUT2D eigenvalue weighted by Gasteiger charge is -2.39. The van der Waals surface area contributed by atoms with E-state index in [0.29, 0.717) is 12.1 Å². The number of benzene rings is 1. The highest BCUT2D eigenvalue weighted by Crippen LogP contribution is 2.28. The van der Waals surface area contributed by atoms with E-state index in [1.54, 1.807) is 0 Å². The van der Waals surface area contributed by atoms with E-state index >= 15 is 0 Å². The van der Waals surface area contributed by atoms with Gasteiger partial charge in [0.2, 0.25) is 0 Å². The fourth-order valence-electron chi connectivity index (χ4n) is 2.45. The Morgan fingerprint density at radius 1 is 1.44 bits per heavy atom. The quantitative estimate of drug-likeness (QED) is 0.317. The maximum Gasteiger partial charge on any atom is 0.172 e. The van der Waals surface area contributed by atoms with E-state index in [1.165, 1.54) is 0 Å². The molecule has 1 fully saturated rings. The summed E-state index contributed by atoms with van der Waals surface area (Å²) in [5.41, 5.74) is 6.58. The maximum atomic E-state index is 10.1. The van der Waals surface area contributed by atoms with Crippen molar-refractivity contribution in [3.8, 4) is 0 Å². The predicted molar refractivity (Wildman–Crippen MR) is 71.0 cm³/mol. The fraction of sp³-hybridized carbons (Fsp3) is 0.462. The van der Waals surface area contributed by atoms with Crippen LogP contribution in [-0.4, -0.2) is 34.8 Å². The molecule has 98 valence electrons. The van der Waals surface area contributed by atoms with Crippen molar-refractivity contribution in [2.75, 3.05) is 18.0 Å². The van der Waals surface area contributed by atoms with E-state index in [2.05, 4.69) is 10.1 Å². The third-order valence-electron chi connectivity index (χ3n) is 3.30. The summed E-state index contributed by atoms with van der Waals surface area (Å²) in [7, 11) is 0. The number of aliphatic hydroxyl groups is 1. The number of para-hydroxylation sites is 1. The molecule has 2 rings (SSSR count). The fourth-order valence-corrected chi connectivity index (χ4v) is 2.45. The van der Waals surface area contributed by atoms with Crippen LogP contribution in [0.5, 0.6) is 0 Å². The van der Waals surface area contributed by atoms with Crippen molar-refractivity contribution in [3.05, 3.63) is 29.8 Å². The highest BCUT2D eigenvalue weighted by atomic mass is 16.4. The van der Waals surface area contributed by atoms with Crippen LogP contribution in [0.2, 0.25) is 0 Å². The van der Waals surface area contributed by atoms with Gasteiger partial charge in [-0.05, 0) is 31.9 Å². The number of piperidine rings is 1. The number of hydrogen-bond acceptors (Lipinski definition) is 4. The zero-order valence-electron chi connectivity index (χ0n) is 10.5. The molecule has 0 bridgehead atoms. The van der Waals surface area contributed by atoms with E-state index in [4.69, 9.17) is 10.9 Å². The normalized spacial score (nSPS) is 25.2. The Hall–Kier alpha value is -1.75. The van der Waals surface area contributed by atoms with Crippen molar-refractivity contribution < 1.29 is 10.3 Å². The first-order valence-corrected chi connectivity index (χ1v) is 6.08. The molecule has 5 nitrogen and oxygen atoms in total. The van der Waals surface area contributed by atoms with Gasteiger partial charge in [0.1, 0.15) is 0 Å². The number of β-amino-alcohol motifs (C(OH)–C–C–N with tert-alkyl or cyclic N) is 1. The van der Waals surface area contributed by atoms with Gasteiger partial charge < -0.3 is 20.9 Å². The van der Waals surface area contributed by atoms with E-state index in [-0.39, 0.29) is 5.84 Å². The van der Waals surface area contributed by atoms with Crippen LogP contribution < -0.4 is 10.6 Å². The van der Waals surface area contributed by atoms with E-state index in [9.17, 15) is 5.11 Å². The highest BCUT2D eigenvalue weighted by Gasteiger charge is 2.29. The molecular formula is C13H19N3O2. The van der Waals surface area contributed by atoms with Crippen LogP contribution in [0.3, 0.4) is 0 Å². The van der Waals surface area contributed by atoms with Crippen LogP contribution >= 0.6 is 0 Å². The first-order valence-electron chi connectivity index (χ1n) is 6.08. The molecular weight excluding hydrogens is 230 g/mol. The average Bonchev–Trinajstić information content (AvgIpc) is 2.36. The van der Waals surface area contributed by atoms with Crippen molar-refractivity contribution in [1.29, 1.82) is 0 Å². The summed E-state index contributed by atoms with van der Waals surface area (Å²) in [6, 6.07) is 7.49. The molecule has 1 aromatic carbocycles. The molecule has 1 heterocycles. The Morgan fingerprint density at radius 2 is 2.17 bits per heavy atom. The molecule has 0 saturated carbocycles. The van der Waals surface area contributed by atoms with Crippen LogP contribution in [0.15, 0.2) is 29.4 Å². The zero-order valence-corrected chi connectivity index (χ0v) is 10.5. The Labute approximate surface area is 107 Å². The van der Waals surface area contributed by atoms with Gasteiger partial charge in [0, 0.05) is 24.3 Å². The zero-order chi connectivity index (χ0) is 13.2. The molecule has 0 amide bonds. The second-order valence-electron chi connectivity index (χ2n) is 5.02. The minimum Gasteiger partial charge on any atom is -0.409 e. The lowest BCUT2D eigenvalue weighted by Crippen LogP contribution is -2.46. The average molecular weight is 249 g/mol. The molecule has 1 aromatic rings. The predicted octanol–water partition coefficient (Wildman–Crippen LogP) is 1.13. The Morgan fingerprint density at radius 3 is 2.83 bits per heavy atom. The lowest BCUT2D eigenvalue weighted by molar-refractivity contribution is 0.0449. The summed E-state index contributed by atoms with van der Waals surface area (Å²) in [6.07, 6.45) is 1.73. The lowest BCUT2D eigenvalue weighted by atomic mass is 9.94. The summed E-state index contributed by atoms with van der Waals surface area (Å²) in [5.74, 6) is 0.0933. The third kappa shape index (κ3) is 2.56. The molecule has 1 aliphatic rings. The van der Waals surface area contributed by atoms with E-state index in [0.717, 1.165) is 25.1 Å². The molecule has 0 spiro atoms. The SMILES string of the molecule is CC1(O)CCCN(c2ccccc2/C(N)=N/O)C1. The van der Waals surface area contributed by atoms with Crippen molar-refractivity contribution in [2.45, 2.75) is 25.4 Å². The van der Waals surface area contributed by atoms with Gasteiger partial charge in [-0.1, -0.05) is 17.3 Å². The molecule has 0 aromatic heterocycles. The molecule has 1 saturated heterocycles. The second-order valence-corrected chi connectivity index (χ2v) is 5.02. The summed E-state index contributed by atoms with van der Waals surface area (Å²) in [5, 5.41) is 22.0. The van der Waals surface area contributed by atoms with Crippen LogP contribution in [-0.2, 0) is 0 Å². The number of rotatable bonds is 2. The first-order chi connectivity index (χ1) is 8.53. The van der Waals surface area contributed by atoms with Crippen molar-refractivity contribution in [3.63, 3.8) is 0 Å². The molecule has 1 atom stereocenters. The molecule has 1 unspecified atom stereocenters. The number of oxime groups is 1. The summed E-state index contributed by atoms with van der Waals surface area (Å²) in [4.78, 5) is 2.08. The number of anilines is 1. The minimum atomic E-state index is -0.684. The maximum absolute atomic E-state index is 10.1. The van der Waals surface area contributed by atoms with E-state index in [1.807, 2.05) is 31.2 Å². The summed E-state index contributed by atoms with van der Waals surface area (Å²) in [6.45, 7) is 3.26. The van der Waals surface area contributed by atoms with Gasteiger partial charge in [0.25, 0.3) is 0 Å². The van der Waals surface area contributed by atoms with Gasteiger partial charge in [-0.2, -0.15) is 0 Å². The number of amidine groups is 1. The topological polar surface area (TPSA) is 82.1 Å². The molecule has 1 aliphatic heterocycles. The van der Waals surface area contributed by atoms with Crippen molar-refractivity contribution >= 4 is 11.5 Å². The van der Waals surface area contributed by atoms with Gasteiger partial charge >= 0.3 is 0 Å². The van der Waals surface area contributed by atoms with Crippen LogP contribution in [0, 0.1) is 0 Å². The van der Waals surface area contributed by atoms with Gasteiger partial charge in [0.05, 0.1) is 5.60 Å². The Kier molecular flexibility index (Phi) is 3.43. The second kappa shape index (κ2) is 4.86. The van der Waals surface area contributed by atoms with Crippen LogP contribution in [0.1, 0.15) is 25.3 Å². The van der Waals surface area contributed by atoms with Gasteiger partial charge in [-0.15, -0.1) is 0 Å². The van der Waals surface area contributed by atoms with Gasteiger partial charge in [0.15, 0.2) is 5.84 Å².